The highest BCUT2D eigenvalue weighted by Crippen LogP contribution is 2.42. The number of allylic oxidation sites excluding steroid dienone is 2. The van der Waals surface area contributed by atoms with Crippen molar-refractivity contribution in [2.45, 2.75) is 72.6 Å². The van der Waals surface area contributed by atoms with E-state index in [4.69, 9.17) is 28.7 Å². The quantitative estimate of drug-likeness (QED) is 0.0263. The predicted octanol–water partition coefficient (Wildman–Crippen LogP) is 8.66. The van der Waals surface area contributed by atoms with Gasteiger partial charge in [0, 0.05) is 38.2 Å². The standard InChI is InChI=1S/C43H60N6O9S2/c1-5-8-9-10-11-13-19-34(41(51)52)30-36(50)45-20-16-22-54-24-26-56-28-29-57-27-25-55-23-21-49(6-2)43-46-37(33-17-14-12-15-18-33)40(60-43)48-47-39-35(31-44)32(4)38(59-39)42(53)58-7-3/h11-15,17-18,34H,5-10,16,19-30H2,1-4H3,(H,45,50)(H,51,52)/b13-11+,48-47+. The van der Waals surface area contributed by atoms with Gasteiger partial charge in [0.25, 0.3) is 0 Å². The van der Waals surface area contributed by atoms with Crippen LogP contribution in [0.5, 0.6) is 0 Å². The van der Waals surface area contributed by atoms with E-state index in [1.54, 1.807) is 13.8 Å². The van der Waals surface area contributed by atoms with Crippen molar-refractivity contribution in [3.05, 3.63) is 58.5 Å². The number of carboxylic acid groups (broad SMARTS) is 1. The second-order valence-electron chi connectivity index (χ2n) is 13.5. The fourth-order valence-electron chi connectivity index (χ4n) is 5.66. The number of amides is 1. The lowest BCUT2D eigenvalue weighted by Gasteiger charge is -2.19. The Morgan fingerprint density at radius 3 is 2.20 bits per heavy atom. The van der Waals surface area contributed by atoms with E-state index in [9.17, 15) is 24.8 Å². The van der Waals surface area contributed by atoms with Crippen molar-refractivity contribution in [2.75, 3.05) is 84.0 Å². The predicted molar refractivity (Wildman–Crippen MR) is 234 cm³/mol. The number of anilines is 1. The van der Waals surface area contributed by atoms with Crippen LogP contribution in [0.4, 0.5) is 15.1 Å². The lowest BCUT2D eigenvalue weighted by molar-refractivity contribution is -0.143. The van der Waals surface area contributed by atoms with Crippen molar-refractivity contribution in [2.24, 2.45) is 16.1 Å². The zero-order chi connectivity index (χ0) is 43.4. The highest BCUT2D eigenvalue weighted by atomic mass is 32.1. The van der Waals surface area contributed by atoms with Crippen molar-refractivity contribution < 1.29 is 43.2 Å². The second-order valence-corrected chi connectivity index (χ2v) is 15.4. The number of carbonyl (C=O) groups excluding carboxylic acids is 2. The number of unbranched alkanes of at least 4 members (excludes halogenated alkanes) is 3. The molecule has 0 radical (unpaired) electrons. The van der Waals surface area contributed by atoms with Gasteiger partial charge in [-0.05, 0) is 52.0 Å². The van der Waals surface area contributed by atoms with Crippen LogP contribution in [0, 0.1) is 24.2 Å². The molecule has 1 unspecified atom stereocenters. The number of thiophene rings is 1. The number of carboxylic acids is 1. The number of nitrogens with zero attached hydrogens (tertiary/aromatic N) is 5. The summed E-state index contributed by atoms with van der Waals surface area (Å²) >= 11 is 2.47. The molecular formula is C43H60N6O9S2. The third kappa shape index (κ3) is 18.0. The summed E-state index contributed by atoms with van der Waals surface area (Å²) in [4.78, 5) is 43.5. The number of ether oxygens (including phenoxy) is 5. The first-order valence-electron chi connectivity index (χ1n) is 20.6. The minimum Gasteiger partial charge on any atom is -0.481 e. The van der Waals surface area contributed by atoms with Crippen LogP contribution in [0.25, 0.3) is 11.3 Å². The molecule has 1 aromatic carbocycles. The third-order valence-electron chi connectivity index (χ3n) is 8.98. The first-order chi connectivity index (χ1) is 29.2. The molecule has 1 atom stereocenters. The number of hydrogen-bond donors (Lipinski definition) is 2. The maximum Gasteiger partial charge on any atom is 0.348 e. The van der Waals surface area contributed by atoms with Gasteiger partial charge in [0.15, 0.2) is 15.1 Å². The molecular weight excluding hydrogens is 809 g/mol. The van der Waals surface area contributed by atoms with Gasteiger partial charge in [-0.1, -0.05) is 73.6 Å². The number of rotatable bonds is 32. The summed E-state index contributed by atoms with van der Waals surface area (Å²) in [5, 5.41) is 32.6. The summed E-state index contributed by atoms with van der Waals surface area (Å²) in [6.45, 7) is 13.0. The highest BCUT2D eigenvalue weighted by Gasteiger charge is 2.23. The highest BCUT2D eigenvalue weighted by molar-refractivity contribution is 7.20. The number of aromatic nitrogens is 1. The molecule has 60 heavy (non-hydrogen) atoms. The Kier molecular flexibility index (Phi) is 24.6. The van der Waals surface area contributed by atoms with E-state index in [1.165, 1.54) is 11.3 Å². The molecule has 1 amide bonds. The van der Waals surface area contributed by atoms with Crippen LogP contribution in [0.3, 0.4) is 0 Å². The van der Waals surface area contributed by atoms with Gasteiger partial charge < -0.3 is 39.0 Å². The number of hydrogen-bond acceptors (Lipinski definition) is 15. The number of aliphatic carboxylic acids is 1. The van der Waals surface area contributed by atoms with Gasteiger partial charge in [-0.25, -0.2) is 9.78 Å². The molecule has 328 valence electrons. The smallest absolute Gasteiger partial charge is 0.348 e. The summed E-state index contributed by atoms with van der Waals surface area (Å²) in [5.41, 5.74) is 2.37. The molecule has 3 aromatic rings. The molecule has 0 aliphatic heterocycles. The van der Waals surface area contributed by atoms with E-state index < -0.39 is 17.9 Å². The summed E-state index contributed by atoms with van der Waals surface area (Å²) in [5.74, 6) is -2.43. The van der Waals surface area contributed by atoms with Crippen LogP contribution < -0.4 is 10.2 Å². The van der Waals surface area contributed by atoms with Crippen LogP contribution in [0.1, 0.15) is 86.5 Å². The summed E-state index contributed by atoms with van der Waals surface area (Å²) < 4.78 is 27.8. The number of esters is 1. The van der Waals surface area contributed by atoms with Gasteiger partial charge >= 0.3 is 11.9 Å². The Labute approximate surface area is 361 Å². The van der Waals surface area contributed by atoms with Crippen molar-refractivity contribution in [3.63, 3.8) is 0 Å². The van der Waals surface area contributed by atoms with Gasteiger partial charge in [-0.2, -0.15) is 5.26 Å². The first kappa shape index (κ1) is 49.8. The Balaban J connectivity index is 1.30. The van der Waals surface area contributed by atoms with E-state index >= 15 is 0 Å². The Bertz CT molecular complexity index is 1830. The summed E-state index contributed by atoms with van der Waals surface area (Å²) in [6.07, 6.45) is 9.13. The maximum atomic E-state index is 12.4. The van der Waals surface area contributed by atoms with Crippen molar-refractivity contribution >= 4 is 55.7 Å². The topological polar surface area (TPSA) is 194 Å². The molecule has 2 heterocycles. The molecule has 0 aliphatic carbocycles. The Morgan fingerprint density at radius 2 is 1.57 bits per heavy atom. The van der Waals surface area contributed by atoms with E-state index in [-0.39, 0.29) is 18.9 Å². The van der Waals surface area contributed by atoms with Gasteiger partial charge in [-0.3, -0.25) is 9.59 Å². The average Bonchev–Trinajstić information content (AvgIpc) is 3.82. The van der Waals surface area contributed by atoms with E-state index in [2.05, 4.69) is 33.4 Å². The van der Waals surface area contributed by atoms with Gasteiger partial charge in [0.05, 0.1) is 64.3 Å². The SMILES string of the molecule is CCCCC/C=C/CC(CC(=O)NCCCOCCOCCOCCOCCN(CC)c1nc(-c2ccccc2)c(/N=N/c2sc(C(=O)OCC)c(C)c2C#N)s1)C(=O)O. The number of thiazole rings is 1. The van der Waals surface area contributed by atoms with Crippen molar-refractivity contribution in [1.82, 2.24) is 10.3 Å². The van der Waals surface area contributed by atoms with Crippen molar-refractivity contribution in [1.29, 1.82) is 5.26 Å². The summed E-state index contributed by atoms with van der Waals surface area (Å²) in [7, 11) is 0. The van der Waals surface area contributed by atoms with Crippen molar-refractivity contribution in [3.8, 4) is 17.3 Å². The minimum absolute atomic E-state index is 0.0389. The van der Waals surface area contributed by atoms with Crippen LogP contribution >= 0.6 is 22.7 Å². The molecule has 0 saturated carbocycles. The Morgan fingerprint density at radius 1 is 0.900 bits per heavy atom. The van der Waals surface area contributed by atoms with Crippen LogP contribution in [-0.2, 0) is 33.3 Å². The molecule has 0 bridgehead atoms. The molecule has 3 rings (SSSR count). The molecule has 0 aliphatic rings. The molecule has 15 nitrogen and oxygen atoms in total. The Hall–Kier alpha value is -4.57. The first-order valence-corrected chi connectivity index (χ1v) is 22.3. The number of nitrogens with one attached hydrogen (secondary N) is 1. The van der Waals surface area contributed by atoms with E-state index in [0.717, 1.165) is 47.7 Å². The molecule has 2 aromatic heterocycles. The number of nitriles is 1. The zero-order valence-corrected chi connectivity index (χ0v) is 37.0. The second kappa shape index (κ2) is 29.6. The minimum atomic E-state index is -0.957. The molecule has 0 fully saturated rings. The molecule has 2 N–H and O–H groups in total. The van der Waals surface area contributed by atoms with Crippen LogP contribution in [0.15, 0.2) is 52.7 Å². The van der Waals surface area contributed by atoms with E-state index in [0.29, 0.717) is 117 Å². The summed E-state index contributed by atoms with van der Waals surface area (Å²) in [6, 6.07) is 11.8. The van der Waals surface area contributed by atoms with Crippen LogP contribution in [-0.4, -0.2) is 107 Å². The molecule has 0 spiro atoms. The average molecular weight is 869 g/mol. The van der Waals surface area contributed by atoms with E-state index in [1.807, 2.05) is 49.4 Å². The lowest BCUT2D eigenvalue weighted by atomic mass is 10.0. The largest absolute Gasteiger partial charge is 0.481 e. The van der Waals surface area contributed by atoms with Gasteiger partial charge in [0.2, 0.25) is 5.91 Å². The normalized spacial score (nSPS) is 11.9. The number of benzene rings is 1. The third-order valence-corrected chi connectivity index (χ3v) is 11.1. The monoisotopic (exact) mass is 868 g/mol. The number of carbonyl (C=O) groups is 3. The lowest BCUT2D eigenvalue weighted by Crippen LogP contribution is -2.29. The number of azo groups is 1. The fraction of sp³-hybridized carbons (Fsp3) is 0.558. The zero-order valence-electron chi connectivity index (χ0n) is 35.3. The maximum absolute atomic E-state index is 12.4. The van der Waals surface area contributed by atoms with Gasteiger partial charge in [0.1, 0.15) is 16.6 Å². The number of likely N-dealkylation sites (N-methyl/N-ethyl adjacent to an activating group) is 1. The van der Waals surface area contributed by atoms with Gasteiger partial charge in [-0.15, -0.1) is 21.6 Å². The fourth-order valence-corrected chi connectivity index (χ4v) is 7.63. The molecule has 17 heteroatoms. The molecule has 0 saturated heterocycles. The van der Waals surface area contributed by atoms with Crippen LogP contribution in [0.2, 0.25) is 0 Å².